The Hall–Kier alpha value is -1.51. The van der Waals surface area contributed by atoms with Gasteiger partial charge in [-0.15, -0.1) is 0 Å². The van der Waals surface area contributed by atoms with Crippen LogP contribution >= 0.6 is 0 Å². The Labute approximate surface area is 112 Å². The van der Waals surface area contributed by atoms with E-state index in [4.69, 9.17) is 5.73 Å². The number of hydrogen-bond acceptors (Lipinski definition) is 5. The number of rotatable bonds is 5. The molecule has 0 unspecified atom stereocenters. The molecule has 0 aromatic heterocycles. The molecule has 0 heterocycles. The van der Waals surface area contributed by atoms with Gasteiger partial charge in [-0.25, -0.2) is 13.1 Å². The summed E-state index contributed by atoms with van der Waals surface area (Å²) in [5.41, 5.74) is 6.25. The monoisotopic (exact) mass is 287 g/mol. The van der Waals surface area contributed by atoms with Crippen molar-refractivity contribution in [3.05, 3.63) is 33.4 Å². The van der Waals surface area contributed by atoms with Crippen LogP contribution in [0.15, 0.2) is 17.0 Å². The van der Waals surface area contributed by atoms with Crippen molar-refractivity contribution in [2.45, 2.75) is 31.7 Å². The third-order valence-corrected chi connectivity index (χ3v) is 4.39. The van der Waals surface area contributed by atoms with Gasteiger partial charge in [0.05, 0.1) is 4.92 Å². The molecule has 0 aliphatic carbocycles. The highest BCUT2D eigenvalue weighted by Gasteiger charge is 2.27. The number of sulfonamides is 1. The van der Waals surface area contributed by atoms with E-state index in [0.29, 0.717) is 11.1 Å². The van der Waals surface area contributed by atoms with Crippen LogP contribution in [0.25, 0.3) is 0 Å². The molecule has 1 rings (SSSR count). The fourth-order valence-corrected chi connectivity index (χ4v) is 3.00. The minimum atomic E-state index is -3.96. The topological polar surface area (TPSA) is 115 Å². The normalized spacial score (nSPS) is 13.3. The van der Waals surface area contributed by atoms with Crippen LogP contribution in [0, 0.1) is 24.0 Å². The summed E-state index contributed by atoms with van der Waals surface area (Å²) in [4.78, 5) is 9.94. The zero-order chi connectivity index (χ0) is 14.8. The Morgan fingerprint density at radius 3 is 2.37 bits per heavy atom. The molecule has 3 N–H and O–H groups in total. The average molecular weight is 287 g/mol. The summed E-state index contributed by atoms with van der Waals surface area (Å²) in [5.74, 6) is 0. The van der Waals surface area contributed by atoms with Crippen LogP contribution in [0.3, 0.4) is 0 Å². The second-order valence-corrected chi connectivity index (χ2v) is 6.10. The highest BCUT2D eigenvalue weighted by Crippen LogP contribution is 2.27. The number of nitro benzene ring substituents is 1. The molecule has 0 aliphatic rings. The maximum Gasteiger partial charge on any atom is 0.289 e. The molecule has 1 atom stereocenters. The summed E-state index contributed by atoms with van der Waals surface area (Å²) in [7, 11) is -3.96. The molecule has 7 nitrogen and oxygen atoms in total. The van der Waals surface area contributed by atoms with Gasteiger partial charge in [-0.05, 0) is 38.0 Å². The molecule has 0 saturated heterocycles. The van der Waals surface area contributed by atoms with E-state index < -0.39 is 26.7 Å². The summed E-state index contributed by atoms with van der Waals surface area (Å²) in [6.07, 6.45) is 0. The molecule has 0 bridgehead atoms. The van der Waals surface area contributed by atoms with E-state index in [1.807, 2.05) is 0 Å². The van der Waals surface area contributed by atoms with Gasteiger partial charge in [0.1, 0.15) is 0 Å². The van der Waals surface area contributed by atoms with Gasteiger partial charge in [0.15, 0.2) is 4.90 Å². The molecule has 8 heteroatoms. The van der Waals surface area contributed by atoms with Crippen molar-refractivity contribution in [3.8, 4) is 0 Å². The molecule has 0 radical (unpaired) electrons. The van der Waals surface area contributed by atoms with Crippen molar-refractivity contribution >= 4 is 15.7 Å². The average Bonchev–Trinajstić information content (AvgIpc) is 2.30. The minimum absolute atomic E-state index is 0.109. The van der Waals surface area contributed by atoms with E-state index in [1.165, 1.54) is 12.1 Å². The maximum atomic E-state index is 12.1. The van der Waals surface area contributed by atoms with E-state index >= 15 is 0 Å². The predicted molar refractivity (Wildman–Crippen MR) is 71.4 cm³/mol. The van der Waals surface area contributed by atoms with Gasteiger partial charge in [0, 0.05) is 18.7 Å². The first-order chi connectivity index (χ1) is 8.69. The van der Waals surface area contributed by atoms with Crippen molar-refractivity contribution in [1.29, 1.82) is 0 Å². The molecular formula is C11H17N3O4S. The molecule has 19 heavy (non-hydrogen) atoms. The lowest BCUT2D eigenvalue weighted by molar-refractivity contribution is -0.387. The van der Waals surface area contributed by atoms with E-state index in [-0.39, 0.29) is 11.4 Å². The fourth-order valence-electron chi connectivity index (χ4n) is 1.51. The van der Waals surface area contributed by atoms with Crippen LogP contribution in [-0.4, -0.2) is 25.9 Å². The number of nitrogens with zero attached hydrogens (tertiary/aromatic N) is 1. The molecule has 1 aromatic rings. The van der Waals surface area contributed by atoms with Crippen molar-refractivity contribution in [2.75, 3.05) is 6.54 Å². The summed E-state index contributed by atoms with van der Waals surface area (Å²) in [5, 5.41) is 11.0. The first-order valence-electron chi connectivity index (χ1n) is 5.67. The largest absolute Gasteiger partial charge is 0.329 e. The van der Waals surface area contributed by atoms with E-state index in [2.05, 4.69) is 4.72 Å². The number of hydrogen-bond donors (Lipinski definition) is 2. The Morgan fingerprint density at radius 2 is 1.89 bits per heavy atom. The summed E-state index contributed by atoms with van der Waals surface area (Å²) >= 11 is 0. The Morgan fingerprint density at radius 1 is 1.37 bits per heavy atom. The lowest BCUT2D eigenvalue weighted by Gasteiger charge is -2.13. The van der Waals surface area contributed by atoms with Gasteiger partial charge in [-0.2, -0.15) is 0 Å². The van der Waals surface area contributed by atoms with Gasteiger partial charge in [0.2, 0.25) is 10.0 Å². The Balaban J connectivity index is 3.40. The Bertz CT molecular complexity index is 598. The predicted octanol–water partition coefficient (Wildman–Crippen LogP) is 0.837. The molecule has 0 fully saturated rings. The smallest absolute Gasteiger partial charge is 0.289 e. The molecule has 0 saturated carbocycles. The van der Waals surface area contributed by atoms with Gasteiger partial charge in [-0.1, -0.05) is 0 Å². The van der Waals surface area contributed by atoms with Crippen LogP contribution < -0.4 is 10.5 Å². The zero-order valence-electron chi connectivity index (χ0n) is 11.0. The third kappa shape index (κ3) is 3.49. The standard InChI is InChI=1S/C11H17N3O4S/c1-7-4-10(14(15)16)11(5-8(7)2)19(17,18)13-9(3)6-12/h4-5,9,13H,6,12H2,1-3H3/t9-/m0/s1. The number of aryl methyl sites for hydroxylation is 2. The maximum absolute atomic E-state index is 12.1. The number of nitrogens with two attached hydrogens (primary N) is 1. The summed E-state index contributed by atoms with van der Waals surface area (Å²) in [6, 6.07) is 2.07. The fraction of sp³-hybridized carbons (Fsp3) is 0.455. The highest BCUT2D eigenvalue weighted by molar-refractivity contribution is 7.89. The van der Waals surface area contributed by atoms with Crippen LogP contribution in [0.1, 0.15) is 18.1 Å². The zero-order valence-corrected chi connectivity index (χ0v) is 11.8. The number of nitro groups is 1. The first-order valence-corrected chi connectivity index (χ1v) is 7.15. The summed E-state index contributed by atoms with van der Waals surface area (Å²) < 4.78 is 26.5. The lowest BCUT2D eigenvalue weighted by atomic mass is 10.1. The quantitative estimate of drug-likeness (QED) is 0.615. The molecular weight excluding hydrogens is 270 g/mol. The van der Waals surface area contributed by atoms with Crippen LogP contribution in [0.2, 0.25) is 0 Å². The lowest BCUT2D eigenvalue weighted by Crippen LogP contribution is -2.38. The van der Waals surface area contributed by atoms with Crippen molar-refractivity contribution in [1.82, 2.24) is 4.72 Å². The van der Waals surface area contributed by atoms with Gasteiger partial charge in [-0.3, -0.25) is 10.1 Å². The number of benzene rings is 1. The number of nitrogens with one attached hydrogen (secondary N) is 1. The highest BCUT2D eigenvalue weighted by atomic mass is 32.2. The molecule has 0 amide bonds. The molecule has 1 aromatic carbocycles. The van der Waals surface area contributed by atoms with Crippen molar-refractivity contribution < 1.29 is 13.3 Å². The van der Waals surface area contributed by atoms with Crippen molar-refractivity contribution in [2.24, 2.45) is 5.73 Å². The summed E-state index contributed by atoms with van der Waals surface area (Å²) in [6.45, 7) is 5.08. The first kappa shape index (κ1) is 15.5. The Kier molecular flexibility index (Phi) is 4.61. The minimum Gasteiger partial charge on any atom is -0.329 e. The van der Waals surface area contributed by atoms with Crippen LogP contribution in [0.5, 0.6) is 0 Å². The van der Waals surface area contributed by atoms with Crippen LogP contribution in [0.4, 0.5) is 5.69 Å². The van der Waals surface area contributed by atoms with Gasteiger partial charge in [0.25, 0.3) is 5.69 Å². The van der Waals surface area contributed by atoms with Gasteiger partial charge < -0.3 is 5.73 Å². The van der Waals surface area contributed by atoms with Crippen LogP contribution in [-0.2, 0) is 10.0 Å². The van der Waals surface area contributed by atoms with Gasteiger partial charge >= 0.3 is 0 Å². The second-order valence-electron chi connectivity index (χ2n) is 4.42. The molecule has 0 aliphatic heterocycles. The third-order valence-electron chi connectivity index (χ3n) is 2.77. The SMILES string of the molecule is Cc1cc([N+](=O)[O-])c(S(=O)(=O)N[C@@H](C)CN)cc1C. The van der Waals surface area contributed by atoms with Crippen molar-refractivity contribution in [3.63, 3.8) is 0 Å². The van der Waals surface area contributed by atoms with E-state index in [0.717, 1.165) is 0 Å². The van der Waals surface area contributed by atoms with E-state index in [1.54, 1.807) is 20.8 Å². The molecule has 0 spiro atoms. The molecule has 106 valence electrons. The van der Waals surface area contributed by atoms with E-state index in [9.17, 15) is 18.5 Å². The second kappa shape index (κ2) is 5.64.